The van der Waals surface area contributed by atoms with Crippen LogP contribution in [0.2, 0.25) is 5.02 Å². The van der Waals surface area contributed by atoms with Crippen molar-refractivity contribution >= 4 is 40.7 Å². The molecule has 3 aliphatic rings. The van der Waals surface area contributed by atoms with Gasteiger partial charge in [0.05, 0.1) is 12.6 Å². The lowest BCUT2D eigenvalue weighted by molar-refractivity contribution is 0.0664. The van der Waals surface area contributed by atoms with E-state index < -0.39 is 23.4 Å². The first-order valence-electron chi connectivity index (χ1n) is 14.1. The van der Waals surface area contributed by atoms with Crippen LogP contribution >= 0.6 is 11.6 Å². The van der Waals surface area contributed by atoms with Gasteiger partial charge in [-0.1, -0.05) is 96.0 Å². The van der Waals surface area contributed by atoms with Crippen LogP contribution in [-0.4, -0.2) is 36.0 Å². The summed E-state index contributed by atoms with van der Waals surface area (Å²) >= 11 is 6.39. The fourth-order valence-corrected chi connectivity index (χ4v) is 7.38. The summed E-state index contributed by atoms with van der Waals surface area (Å²) in [6.07, 6.45) is 3.82. The van der Waals surface area contributed by atoms with Crippen molar-refractivity contribution in [2.24, 2.45) is 5.41 Å². The monoisotopic (exact) mass is 573 g/mol. The van der Waals surface area contributed by atoms with E-state index in [1.165, 1.54) is 0 Å². The average Bonchev–Trinajstić information content (AvgIpc) is 3.43. The molecule has 1 spiro atoms. The van der Waals surface area contributed by atoms with E-state index in [4.69, 9.17) is 16.3 Å². The van der Waals surface area contributed by atoms with Gasteiger partial charge < -0.3 is 9.64 Å². The van der Waals surface area contributed by atoms with E-state index in [1.807, 2.05) is 91.6 Å². The molecule has 3 atom stereocenters. The molecule has 2 aliphatic heterocycles. The van der Waals surface area contributed by atoms with Gasteiger partial charge in [0.1, 0.15) is 17.2 Å². The van der Waals surface area contributed by atoms with Gasteiger partial charge in [0.25, 0.3) is 0 Å². The van der Waals surface area contributed by atoms with E-state index in [-0.39, 0.29) is 17.3 Å². The number of carbonyl (C=O) groups excluding carboxylic acids is 3. The number of benzene rings is 4. The zero-order chi connectivity index (χ0) is 29.2. The van der Waals surface area contributed by atoms with E-state index in [2.05, 4.69) is 0 Å². The van der Waals surface area contributed by atoms with Crippen molar-refractivity contribution in [3.63, 3.8) is 0 Å². The zero-order valence-corrected chi connectivity index (χ0v) is 24.0. The predicted molar refractivity (Wildman–Crippen MR) is 164 cm³/mol. The number of Topliss-reactive ketones (excluding diaryl/α,β-unsaturated/α-hetero) is 3. The van der Waals surface area contributed by atoms with Gasteiger partial charge in [-0.15, -0.1) is 0 Å². The third-order valence-corrected chi connectivity index (χ3v) is 9.16. The molecule has 6 heteroatoms. The van der Waals surface area contributed by atoms with Crippen LogP contribution in [0, 0.1) is 12.3 Å². The van der Waals surface area contributed by atoms with Crippen LogP contribution in [-0.2, 0) is 0 Å². The number of hydrogen-bond donors (Lipinski definition) is 0. The Balaban J connectivity index is 1.56. The van der Waals surface area contributed by atoms with Crippen molar-refractivity contribution in [3.05, 3.63) is 135 Å². The molecule has 4 aromatic carbocycles. The summed E-state index contributed by atoms with van der Waals surface area (Å²) in [4.78, 5) is 46.4. The number of ketones is 3. The lowest BCUT2D eigenvalue weighted by Gasteiger charge is -2.37. The number of carbonyl (C=O) groups is 3. The highest BCUT2D eigenvalue weighted by Crippen LogP contribution is 2.62. The summed E-state index contributed by atoms with van der Waals surface area (Å²) < 4.78 is 6.10. The number of ether oxygens (including phenoxy) is 1. The number of nitrogens with zero attached hydrogens (tertiary/aromatic N) is 1. The van der Waals surface area contributed by atoms with Crippen LogP contribution in [0.15, 0.2) is 97.1 Å². The molecule has 0 N–H and O–H groups in total. The molecule has 0 bridgehead atoms. The largest absolute Gasteiger partial charge is 0.494 e. The molecule has 208 valence electrons. The molecule has 1 saturated heterocycles. The molecule has 2 heterocycles. The van der Waals surface area contributed by atoms with E-state index in [1.54, 1.807) is 30.3 Å². The standard InChI is InChI=1S/C36H28ClNO4/c1-3-42-29-11-7-6-10-27(29)31-32(33(39)22-14-12-21(2)13-15-22)38-28-18-17-24(37)20-23(28)16-19-30(38)36(31)34(40)25-8-4-5-9-26(25)35(36)41/h4-20,30-32H,3H2,1-2H3/t30-,31+,32-/m1/s1. The second-order valence-electron chi connectivity index (χ2n) is 11.1. The summed E-state index contributed by atoms with van der Waals surface area (Å²) in [5.74, 6) is -0.979. The Hall–Kier alpha value is -4.48. The van der Waals surface area contributed by atoms with Gasteiger partial charge in [0.2, 0.25) is 0 Å². The third-order valence-electron chi connectivity index (χ3n) is 8.92. The molecule has 0 radical (unpaired) electrons. The quantitative estimate of drug-likeness (QED) is 0.184. The van der Waals surface area contributed by atoms with Crippen LogP contribution < -0.4 is 9.64 Å². The van der Waals surface area contributed by atoms with Gasteiger partial charge in [0, 0.05) is 38.9 Å². The summed E-state index contributed by atoms with van der Waals surface area (Å²) in [6, 6.07) is 25.8. The first kappa shape index (κ1) is 26.4. The molecule has 42 heavy (non-hydrogen) atoms. The number of anilines is 1. The minimum absolute atomic E-state index is 0.166. The summed E-state index contributed by atoms with van der Waals surface area (Å²) in [6.45, 7) is 4.26. The maximum Gasteiger partial charge on any atom is 0.185 e. The van der Waals surface area contributed by atoms with Crippen molar-refractivity contribution < 1.29 is 19.1 Å². The Bertz CT molecular complexity index is 1770. The SMILES string of the molecule is CCOc1ccccc1[C@H]1[C@H](C(=O)c2ccc(C)cc2)N2c3ccc(Cl)cc3C=C[C@@H]2C12C(=O)c1ccccc1C2=O. The van der Waals surface area contributed by atoms with E-state index in [9.17, 15) is 14.4 Å². The second kappa shape index (κ2) is 9.81. The molecule has 0 unspecified atom stereocenters. The van der Waals surface area contributed by atoms with Gasteiger partial charge in [-0.2, -0.15) is 0 Å². The molecular weight excluding hydrogens is 546 g/mol. The number of hydrogen-bond acceptors (Lipinski definition) is 5. The molecule has 0 amide bonds. The minimum atomic E-state index is -1.59. The third kappa shape index (κ3) is 3.59. The van der Waals surface area contributed by atoms with Crippen molar-refractivity contribution in [2.45, 2.75) is 31.8 Å². The summed E-state index contributed by atoms with van der Waals surface area (Å²) in [5.41, 5.74) is 2.98. The highest BCUT2D eigenvalue weighted by Gasteiger charge is 2.71. The number of halogens is 1. The molecule has 1 aliphatic carbocycles. The lowest BCUT2D eigenvalue weighted by Crippen LogP contribution is -2.48. The van der Waals surface area contributed by atoms with Gasteiger partial charge in [-0.25, -0.2) is 0 Å². The minimum Gasteiger partial charge on any atom is -0.494 e. The van der Waals surface area contributed by atoms with Gasteiger partial charge >= 0.3 is 0 Å². The average molecular weight is 574 g/mol. The molecule has 7 rings (SSSR count). The van der Waals surface area contributed by atoms with Crippen LogP contribution in [0.25, 0.3) is 6.08 Å². The van der Waals surface area contributed by atoms with Crippen LogP contribution in [0.4, 0.5) is 5.69 Å². The van der Waals surface area contributed by atoms with Crippen LogP contribution in [0.1, 0.15) is 60.6 Å². The molecule has 0 saturated carbocycles. The molecule has 0 aromatic heterocycles. The number of para-hydroxylation sites is 1. The highest BCUT2D eigenvalue weighted by molar-refractivity contribution is 6.33. The predicted octanol–water partition coefficient (Wildman–Crippen LogP) is 7.36. The molecule has 4 aromatic rings. The zero-order valence-electron chi connectivity index (χ0n) is 23.2. The fourth-order valence-electron chi connectivity index (χ4n) is 7.20. The summed E-state index contributed by atoms with van der Waals surface area (Å²) in [5, 5.41) is 0.561. The Kier molecular flexibility index (Phi) is 6.17. The number of rotatable bonds is 5. The normalized spacial score (nSPS) is 21.3. The highest BCUT2D eigenvalue weighted by atomic mass is 35.5. The van der Waals surface area contributed by atoms with Crippen LogP contribution in [0.5, 0.6) is 5.75 Å². The maximum atomic E-state index is 14.8. The van der Waals surface area contributed by atoms with Gasteiger partial charge in [0.15, 0.2) is 17.3 Å². The Morgan fingerprint density at radius 1 is 0.905 bits per heavy atom. The molecule has 1 fully saturated rings. The fraction of sp³-hybridized carbons (Fsp3) is 0.194. The molecular formula is C36H28ClNO4. The summed E-state index contributed by atoms with van der Waals surface area (Å²) in [7, 11) is 0. The first-order chi connectivity index (χ1) is 20.4. The topological polar surface area (TPSA) is 63.7 Å². The Morgan fingerprint density at radius 3 is 2.26 bits per heavy atom. The number of aryl methyl sites for hydroxylation is 1. The second-order valence-corrected chi connectivity index (χ2v) is 11.5. The van der Waals surface area contributed by atoms with Gasteiger partial charge in [-0.05, 0) is 43.7 Å². The van der Waals surface area contributed by atoms with E-state index in [0.717, 1.165) is 16.8 Å². The van der Waals surface area contributed by atoms with Crippen molar-refractivity contribution in [1.29, 1.82) is 0 Å². The lowest BCUT2D eigenvalue weighted by atomic mass is 9.64. The molecule has 5 nitrogen and oxygen atoms in total. The number of fused-ring (bicyclic) bond motifs is 5. The Morgan fingerprint density at radius 2 is 1.57 bits per heavy atom. The van der Waals surface area contributed by atoms with E-state index >= 15 is 0 Å². The first-order valence-corrected chi connectivity index (χ1v) is 14.5. The van der Waals surface area contributed by atoms with Crippen molar-refractivity contribution in [1.82, 2.24) is 0 Å². The smallest absolute Gasteiger partial charge is 0.185 e. The Labute approximate surface area is 249 Å². The van der Waals surface area contributed by atoms with Gasteiger partial charge in [-0.3, -0.25) is 14.4 Å². The van der Waals surface area contributed by atoms with Crippen LogP contribution in [0.3, 0.4) is 0 Å². The van der Waals surface area contributed by atoms with Crippen molar-refractivity contribution in [2.75, 3.05) is 11.5 Å². The maximum absolute atomic E-state index is 14.8. The van der Waals surface area contributed by atoms with Crippen molar-refractivity contribution in [3.8, 4) is 5.75 Å². The van der Waals surface area contributed by atoms with E-state index in [0.29, 0.717) is 39.6 Å².